The Morgan fingerprint density at radius 2 is 1.07 bits per heavy atom. The molecule has 0 fully saturated rings. The first kappa shape index (κ1) is 23.6. The van der Waals surface area contributed by atoms with E-state index in [0.717, 1.165) is 25.9 Å². The van der Waals surface area contributed by atoms with Crippen LogP contribution in [-0.2, 0) is 33.5 Å². The summed E-state index contributed by atoms with van der Waals surface area (Å²) in [4.78, 5) is 8.31. The van der Waals surface area contributed by atoms with Gasteiger partial charge in [-0.2, -0.15) is 0 Å². The summed E-state index contributed by atoms with van der Waals surface area (Å²) in [5, 5.41) is 22.7. The molecule has 0 N–H and O–H groups in total. The molecule has 2 aliphatic heterocycles. The monoisotopic (exact) mass is 419 g/mol. The van der Waals surface area contributed by atoms with Gasteiger partial charge in [0, 0.05) is 37.1 Å². The number of hydrogen-bond acceptors (Lipinski definition) is 6. The number of hydrogen-bond donors (Lipinski definition) is 0. The summed E-state index contributed by atoms with van der Waals surface area (Å²) in [5.74, 6) is 0.944. The largest absolute Gasteiger partial charge is 4.00 e. The van der Waals surface area contributed by atoms with Gasteiger partial charge in [0.2, 0.25) is 11.8 Å². The van der Waals surface area contributed by atoms with Gasteiger partial charge in [0.05, 0.1) is 13.2 Å². The first-order valence-corrected chi connectivity index (χ1v) is 8.63. The fraction of sp³-hybridized carbons (Fsp3) is 0.300. The molecule has 0 unspecified atom stereocenters. The van der Waals surface area contributed by atoms with E-state index in [1.54, 1.807) is 24.3 Å². The van der Waals surface area contributed by atoms with E-state index in [1.165, 1.54) is 12.1 Å². The minimum absolute atomic E-state index is 0. The van der Waals surface area contributed by atoms with Crippen LogP contribution in [-0.4, -0.2) is 38.1 Å². The van der Waals surface area contributed by atoms with Gasteiger partial charge in [-0.25, -0.2) is 0 Å². The minimum atomic E-state index is -0.0249. The van der Waals surface area contributed by atoms with E-state index in [1.807, 2.05) is 12.1 Å². The molecule has 28 heavy (non-hydrogen) atoms. The van der Waals surface area contributed by atoms with E-state index < -0.39 is 0 Å². The first-order chi connectivity index (χ1) is 12.8. The fourth-order valence-corrected chi connectivity index (χ4v) is 2.53. The van der Waals surface area contributed by atoms with Crippen molar-refractivity contribution in [3.8, 4) is 11.5 Å². The molecule has 4 rings (SSSR count). The molecule has 0 saturated carbocycles. The summed E-state index contributed by atoms with van der Waals surface area (Å²) in [7, 11) is 0. The van der Waals surface area contributed by atoms with Crippen molar-refractivity contribution < 1.29 is 43.7 Å². The average Bonchev–Trinajstić information content (AvgIpc) is 2.71. The first-order valence-electron chi connectivity index (χ1n) is 8.63. The van der Waals surface area contributed by atoms with Crippen molar-refractivity contribution in [1.82, 2.24) is 0 Å². The standard InChI is InChI=1S/2C10H11NO2.O.V/c2*12-9-5-2-1-4-8(9)10-11-6-3-7-13-10;;/h2*1-2,4-5,12H,3,6-7H2;;/q;;-2;+4/p-2. The van der Waals surface area contributed by atoms with E-state index in [9.17, 15) is 10.2 Å². The molecule has 0 atom stereocenters. The Morgan fingerprint density at radius 1 is 0.679 bits per heavy atom. The Kier molecular flexibility index (Phi) is 10.2. The van der Waals surface area contributed by atoms with Crippen LogP contribution in [0.25, 0.3) is 0 Å². The quantitative estimate of drug-likeness (QED) is 0.737. The Labute approximate surface area is 175 Å². The molecule has 7 nitrogen and oxygen atoms in total. The third-order valence-electron chi connectivity index (χ3n) is 3.83. The fourth-order valence-electron chi connectivity index (χ4n) is 2.53. The van der Waals surface area contributed by atoms with E-state index in [-0.39, 0.29) is 35.5 Å². The molecule has 0 amide bonds. The summed E-state index contributed by atoms with van der Waals surface area (Å²) in [6, 6.07) is 13.6. The Morgan fingerprint density at radius 3 is 1.39 bits per heavy atom. The van der Waals surface area contributed by atoms with Crippen LogP contribution >= 0.6 is 0 Å². The average molecular weight is 419 g/mol. The Balaban J connectivity index is 0.000000261. The zero-order valence-electron chi connectivity index (χ0n) is 15.2. The van der Waals surface area contributed by atoms with Crippen LogP contribution in [0.5, 0.6) is 11.5 Å². The van der Waals surface area contributed by atoms with E-state index >= 15 is 0 Å². The van der Waals surface area contributed by atoms with Gasteiger partial charge in [-0.1, -0.05) is 60.0 Å². The van der Waals surface area contributed by atoms with Crippen molar-refractivity contribution in [2.45, 2.75) is 12.8 Å². The van der Waals surface area contributed by atoms with Crippen LogP contribution in [0.4, 0.5) is 0 Å². The molecule has 2 aliphatic rings. The maximum Gasteiger partial charge on any atom is 4.00 e. The molecule has 0 aromatic heterocycles. The van der Waals surface area contributed by atoms with Gasteiger partial charge in [-0.3, -0.25) is 9.98 Å². The summed E-state index contributed by atoms with van der Waals surface area (Å²) in [5.41, 5.74) is 1.14. The summed E-state index contributed by atoms with van der Waals surface area (Å²) in [6.45, 7) is 2.83. The van der Waals surface area contributed by atoms with Crippen LogP contribution in [0.2, 0.25) is 0 Å². The summed E-state index contributed by atoms with van der Waals surface area (Å²) < 4.78 is 10.6. The second kappa shape index (κ2) is 12.1. The topological polar surface area (TPSA) is 118 Å². The Hall–Kier alpha value is -2.48. The molecule has 0 saturated heterocycles. The maximum absolute atomic E-state index is 11.4. The van der Waals surface area contributed by atoms with Gasteiger partial charge in [0.25, 0.3) is 0 Å². The molecule has 145 valence electrons. The number of aliphatic imine (C=N–C) groups is 2. The molecular formula is C20H20N2O5V. The number of benzene rings is 2. The van der Waals surface area contributed by atoms with Gasteiger partial charge < -0.3 is 25.2 Å². The van der Waals surface area contributed by atoms with Gasteiger partial charge in [0.1, 0.15) is 0 Å². The predicted molar refractivity (Wildman–Crippen MR) is 96.4 cm³/mol. The van der Waals surface area contributed by atoms with Gasteiger partial charge in [0.15, 0.2) is 0 Å². The number of para-hydroxylation sites is 2. The third kappa shape index (κ3) is 6.30. The molecule has 2 aromatic rings. The third-order valence-corrected chi connectivity index (χ3v) is 3.83. The van der Waals surface area contributed by atoms with Crippen molar-refractivity contribution in [3.05, 3.63) is 59.7 Å². The molecule has 0 bridgehead atoms. The zero-order valence-corrected chi connectivity index (χ0v) is 16.6. The normalized spacial score (nSPS) is 15.0. The van der Waals surface area contributed by atoms with Crippen molar-refractivity contribution >= 4 is 11.8 Å². The van der Waals surface area contributed by atoms with Crippen molar-refractivity contribution in [2.75, 3.05) is 26.3 Å². The van der Waals surface area contributed by atoms with E-state index in [2.05, 4.69) is 9.98 Å². The van der Waals surface area contributed by atoms with Crippen LogP contribution in [0.15, 0.2) is 58.5 Å². The van der Waals surface area contributed by atoms with E-state index in [4.69, 9.17) is 9.47 Å². The Bertz CT molecular complexity index is 743. The number of rotatable bonds is 2. The molecule has 8 heteroatoms. The molecule has 1 radical (unpaired) electrons. The number of ether oxygens (including phenoxy) is 2. The smallest absolute Gasteiger partial charge is 2.00 e. The van der Waals surface area contributed by atoms with Crippen molar-refractivity contribution in [1.29, 1.82) is 0 Å². The molecule has 0 spiro atoms. The molecule has 0 aliphatic carbocycles. The molecular weight excluding hydrogens is 399 g/mol. The second-order valence-corrected chi connectivity index (χ2v) is 5.77. The van der Waals surface area contributed by atoms with Crippen molar-refractivity contribution in [3.63, 3.8) is 0 Å². The van der Waals surface area contributed by atoms with E-state index in [0.29, 0.717) is 36.1 Å². The van der Waals surface area contributed by atoms with Crippen LogP contribution in [0.1, 0.15) is 24.0 Å². The van der Waals surface area contributed by atoms with Crippen molar-refractivity contribution in [2.24, 2.45) is 9.98 Å². The number of nitrogens with zero attached hydrogens (tertiary/aromatic N) is 2. The molecule has 2 heterocycles. The van der Waals surface area contributed by atoms with Crippen LogP contribution in [0, 0.1) is 0 Å². The SMILES string of the molecule is [O-2].[O-]c1ccccc1C1=NCCCO1.[O-]c1ccccc1C1=NCCCO1.[V+4]. The minimum Gasteiger partial charge on any atom is -2.00 e. The summed E-state index contributed by atoms with van der Waals surface area (Å²) in [6.07, 6.45) is 1.87. The summed E-state index contributed by atoms with van der Waals surface area (Å²) >= 11 is 0. The predicted octanol–water partition coefficient (Wildman–Crippen LogP) is 1.73. The second-order valence-electron chi connectivity index (χ2n) is 5.77. The van der Waals surface area contributed by atoms with Gasteiger partial charge >= 0.3 is 18.6 Å². The van der Waals surface area contributed by atoms with Gasteiger partial charge in [-0.15, -0.1) is 0 Å². The van der Waals surface area contributed by atoms with Crippen LogP contribution < -0.4 is 10.2 Å². The zero-order chi connectivity index (χ0) is 18.2. The maximum atomic E-state index is 11.4. The molecule has 2 aromatic carbocycles. The van der Waals surface area contributed by atoms with Gasteiger partial charge in [-0.05, 0) is 0 Å². The van der Waals surface area contributed by atoms with Crippen LogP contribution in [0.3, 0.4) is 0 Å².